The van der Waals surface area contributed by atoms with Crippen molar-refractivity contribution < 1.29 is 34.7 Å². The van der Waals surface area contributed by atoms with E-state index in [9.17, 15) is 19.1 Å². The molecule has 1 aliphatic heterocycles. The number of ether oxygens (including phenoxy) is 3. The maximum atomic E-state index is 13.7. The van der Waals surface area contributed by atoms with Gasteiger partial charge in [0.2, 0.25) is 5.91 Å². The lowest BCUT2D eigenvalue weighted by atomic mass is 9.81. The molecule has 1 saturated carbocycles. The number of hydrogen-bond acceptors (Lipinski definition) is 7. The van der Waals surface area contributed by atoms with Crippen molar-refractivity contribution in [1.82, 2.24) is 15.6 Å². The van der Waals surface area contributed by atoms with E-state index in [1.165, 1.54) is 26.2 Å². The van der Waals surface area contributed by atoms with Crippen LogP contribution in [0.4, 0.5) is 4.39 Å². The first kappa shape index (κ1) is 28.4. The summed E-state index contributed by atoms with van der Waals surface area (Å²) in [6.45, 7) is 5.47. The van der Waals surface area contributed by atoms with E-state index in [4.69, 9.17) is 19.2 Å². The van der Waals surface area contributed by atoms with Crippen LogP contribution < -0.4 is 24.8 Å². The highest BCUT2D eigenvalue weighted by Crippen LogP contribution is 2.45. The molecule has 1 aromatic heterocycles. The Morgan fingerprint density at radius 2 is 1.90 bits per heavy atom. The van der Waals surface area contributed by atoms with Crippen LogP contribution in [0.3, 0.4) is 0 Å². The summed E-state index contributed by atoms with van der Waals surface area (Å²) in [5.41, 5.74) is -0.635. The van der Waals surface area contributed by atoms with E-state index in [0.717, 1.165) is 12.8 Å². The van der Waals surface area contributed by atoms with E-state index in [1.54, 1.807) is 43.3 Å². The molecule has 2 atom stereocenters. The lowest BCUT2D eigenvalue weighted by Gasteiger charge is -2.27. The highest BCUT2D eigenvalue weighted by atomic mass is 19.1. The van der Waals surface area contributed by atoms with Gasteiger partial charge in [0.15, 0.2) is 11.5 Å². The summed E-state index contributed by atoms with van der Waals surface area (Å²) < 4.78 is 30.9. The fourth-order valence-electron chi connectivity index (χ4n) is 4.72. The van der Waals surface area contributed by atoms with Crippen LogP contribution >= 0.6 is 0 Å². The molecule has 41 heavy (non-hydrogen) atoms. The minimum atomic E-state index is -1.64. The minimum absolute atomic E-state index is 0. The molecular formula is C31H36FN3O6. The number of aromatic nitrogens is 1. The second-order valence-corrected chi connectivity index (χ2v) is 10.9. The molecular weight excluding hydrogens is 529 g/mol. The van der Waals surface area contributed by atoms with Crippen molar-refractivity contribution in [2.45, 2.75) is 50.7 Å². The third-order valence-electron chi connectivity index (χ3n) is 7.42. The monoisotopic (exact) mass is 565 g/mol. The number of methoxy groups -OCH3 is 1. The van der Waals surface area contributed by atoms with Gasteiger partial charge in [-0.25, -0.2) is 9.37 Å². The van der Waals surface area contributed by atoms with Crippen molar-refractivity contribution in [3.63, 3.8) is 0 Å². The topological polar surface area (TPSA) is 119 Å². The van der Waals surface area contributed by atoms with Gasteiger partial charge in [0, 0.05) is 24.7 Å². The number of benzene rings is 2. The number of likely N-dealkylation sites (N-methyl/N-ethyl adjacent to an activating group) is 1. The van der Waals surface area contributed by atoms with Crippen LogP contribution in [0, 0.1) is 5.82 Å². The molecule has 3 aromatic rings. The second-order valence-electron chi connectivity index (χ2n) is 10.9. The Morgan fingerprint density at radius 1 is 1.17 bits per heavy atom. The van der Waals surface area contributed by atoms with Crippen LogP contribution in [0.25, 0.3) is 11.3 Å². The highest BCUT2D eigenvalue weighted by molar-refractivity contribution is 5.95. The van der Waals surface area contributed by atoms with Crippen LogP contribution in [-0.4, -0.2) is 54.8 Å². The molecule has 2 aromatic carbocycles. The first-order chi connectivity index (χ1) is 19.6. The molecule has 1 aliphatic carbocycles. The van der Waals surface area contributed by atoms with E-state index >= 15 is 0 Å². The van der Waals surface area contributed by atoms with Gasteiger partial charge in [0.25, 0.3) is 5.91 Å². The number of rotatable bonds is 10. The molecule has 2 aliphatic rings. The zero-order valence-electron chi connectivity index (χ0n) is 23.5. The molecule has 3 N–H and O–H groups in total. The third-order valence-corrected chi connectivity index (χ3v) is 7.42. The van der Waals surface area contributed by atoms with Crippen LogP contribution in [0.5, 0.6) is 17.2 Å². The first-order valence-electron chi connectivity index (χ1n) is 13.6. The summed E-state index contributed by atoms with van der Waals surface area (Å²) in [7, 11) is 1.51. The van der Waals surface area contributed by atoms with E-state index in [2.05, 4.69) is 10.6 Å². The average Bonchev–Trinajstić information content (AvgIpc) is 3.72. The average molecular weight is 566 g/mol. The lowest BCUT2D eigenvalue weighted by molar-refractivity contribution is -0.126. The van der Waals surface area contributed by atoms with Gasteiger partial charge in [-0.15, -0.1) is 0 Å². The van der Waals surface area contributed by atoms with Crippen LogP contribution in [0.2, 0.25) is 0 Å². The fraction of sp³-hybridized carbons (Fsp3) is 0.387. The normalized spacial score (nSPS) is 19.0. The minimum Gasteiger partial charge on any atom is -0.493 e. The number of carbonyl (C=O) groups is 2. The van der Waals surface area contributed by atoms with Gasteiger partial charge in [-0.1, -0.05) is 0 Å². The molecule has 2 amide bonds. The van der Waals surface area contributed by atoms with Crippen molar-refractivity contribution >= 4 is 11.8 Å². The zero-order chi connectivity index (χ0) is 29.4. The molecule has 0 bridgehead atoms. The van der Waals surface area contributed by atoms with Crippen molar-refractivity contribution in [2.24, 2.45) is 0 Å². The zero-order valence-corrected chi connectivity index (χ0v) is 23.5. The Kier molecular flexibility index (Phi) is 7.61. The first-order valence-corrected chi connectivity index (χ1v) is 13.6. The SMILES string of the molecule is CCNC(=O)[C@@]1(C)COc2c1cc([C@@](C)(O)CNC(=O)c1ccc(OC3CC3)c(OC)c1)nc2-c1ccc(F)cc1.[HH]. The van der Waals surface area contributed by atoms with Crippen LogP contribution in [0.1, 0.15) is 56.7 Å². The molecule has 10 heteroatoms. The molecule has 0 spiro atoms. The predicted octanol–water partition coefficient (Wildman–Crippen LogP) is 4.11. The van der Waals surface area contributed by atoms with Crippen molar-refractivity contribution in [1.29, 1.82) is 0 Å². The maximum Gasteiger partial charge on any atom is 0.251 e. The number of fused-ring (bicyclic) bond motifs is 1. The summed E-state index contributed by atoms with van der Waals surface area (Å²) in [5, 5.41) is 17.2. The van der Waals surface area contributed by atoms with Crippen LogP contribution in [-0.2, 0) is 15.8 Å². The number of hydrogen-bond donors (Lipinski definition) is 3. The van der Waals surface area contributed by atoms with Crippen molar-refractivity contribution in [2.75, 3.05) is 26.8 Å². The number of nitrogens with zero attached hydrogens (tertiary/aromatic N) is 1. The Hall–Kier alpha value is -4.18. The summed E-state index contributed by atoms with van der Waals surface area (Å²) in [5.74, 6) is 0.369. The van der Waals surface area contributed by atoms with E-state index < -0.39 is 22.7 Å². The molecule has 2 heterocycles. The Bertz CT molecular complexity index is 1480. The predicted molar refractivity (Wildman–Crippen MR) is 152 cm³/mol. The van der Waals surface area contributed by atoms with Crippen LogP contribution in [0.15, 0.2) is 48.5 Å². The molecule has 9 nitrogen and oxygen atoms in total. The quantitative estimate of drug-likeness (QED) is 0.339. The molecule has 218 valence electrons. The lowest BCUT2D eigenvalue weighted by Crippen LogP contribution is -2.44. The van der Waals surface area contributed by atoms with Gasteiger partial charge in [-0.3, -0.25) is 9.59 Å². The Morgan fingerprint density at radius 3 is 2.56 bits per heavy atom. The van der Waals surface area contributed by atoms with E-state index in [1.807, 2.05) is 6.92 Å². The molecule has 0 unspecified atom stereocenters. The van der Waals surface area contributed by atoms with Gasteiger partial charge in [-0.05, 0) is 82.1 Å². The molecule has 0 radical (unpaired) electrons. The number of nitrogens with one attached hydrogen (secondary N) is 2. The fourth-order valence-corrected chi connectivity index (χ4v) is 4.72. The largest absolute Gasteiger partial charge is 0.493 e. The van der Waals surface area contributed by atoms with Gasteiger partial charge in [0.05, 0.1) is 25.5 Å². The second kappa shape index (κ2) is 11.0. The summed E-state index contributed by atoms with van der Waals surface area (Å²) in [4.78, 5) is 30.8. The summed E-state index contributed by atoms with van der Waals surface area (Å²) in [6.07, 6.45) is 2.17. The van der Waals surface area contributed by atoms with E-state index in [-0.39, 0.29) is 32.3 Å². The highest BCUT2D eigenvalue weighted by Gasteiger charge is 2.46. The van der Waals surface area contributed by atoms with Gasteiger partial charge in [-0.2, -0.15) is 0 Å². The molecule has 0 saturated heterocycles. The van der Waals surface area contributed by atoms with Crippen molar-refractivity contribution in [3.05, 3.63) is 71.2 Å². The molecule has 5 rings (SSSR count). The van der Waals surface area contributed by atoms with Gasteiger partial charge >= 0.3 is 0 Å². The van der Waals surface area contributed by atoms with Gasteiger partial charge in [0.1, 0.15) is 34.9 Å². The Labute approximate surface area is 239 Å². The van der Waals surface area contributed by atoms with E-state index in [0.29, 0.717) is 46.2 Å². The number of carbonyl (C=O) groups excluding carboxylic acids is 2. The summed E-state index contributed by atoms with van der Waals surface area (Å²) in [6, 6.07) is 12.3. The number of pyridine rings is 1. The molecule has 1 fully saturated rings. The third kappa shape index (κ3) is 5.69. The number of aliphatic hydroxyl groups is 1. The van der Waals surface area contributed by atoms with Gasteiger partial charge < -0.3 is 30.0 Å². The Balaban J connectivity index is 0.00000405. The maximum absolute atomic E-state index is 13.7. The van der Waals surface area contributed by atoms with Crippen molar-refractivity contribution in [3.8, 4) is 28.5 Å². The smallest absolute Gasteiger partial charge is 0.251 e. The standard InChI is InChI=1S/C31H34FN3O6.H2/c1-5-33-29(37)30(2)17-40-27-22(30)15-25(35-26(27)18-6-9-20(32)10-7-18)31(3,38)16-34-28(36)19-8-13-23(24(14-19)39-4)41-21-11-12-21;/h6-10,13-15,21,38H,5,11-12,16-17H2,1-4H3,(H,33,37)(H,34,36);1H/t30-,31-;/m0./s1. The summed E-state index contributed by atoms with van der Waals surface area (Å²) >= 11 is 0. The number of amides is 2. The number of halogens is 1.